The molecule has 102 valence electrons. The molecule has 3 rings (SSSR count). The summed E-state index contributed by atoms with van der Waals surface area (Å²) in [6, 6.07) is 14.4. The molecular formula is C16H16BrN3. The number of hydrogen-bond acceptors (Lipinski definition) is 2. The van der Waals surface area contributed by atoms with E-state index in [4.69, 9.17) is 5.73 Å². The Kier molecular flexibility index (Phi) is 3.49. The second kappa shape index (κ2) is 5.29. The van der Waals surface area contributed by atoms with Gasteiger partial charge in [-0.1, -0.05) is 47.5 Å². The maximum atomic E-state index is 6.14. The first kappa shape index (κ1) is 13.2. The maximum absolute atomic E-state index is 6.14. The predicted molar refractivity (Wildman–Crippen MR) is 87.2 cm³/mol. The number of fused-ring (bicyclic) bond motifs is 1. The number of nitrogens with two attached hydrogens (primary N) is 1. The average Bonchev–Trinajstić information content (AvgIpc) is 2.75. The molecule has 0 aliphatic carbocycles. The van der Waals surface area contributed by atoms with Crippen LogP contribution in [0.3, 0.4) is 0 Å². The average molecular weight is 330 g/mol. The number of anilines is 1. The van der Waals surface area contributed by atoms with Gasteiger partial charge in [-0.05, 0) is 36.2 Å². The summed E-state index contributed by atoms with van der Waals surface area (Å²) in [6.45, 7) is 2.18. The van der Waals surface area contributed by atoms with Gasteiger partial charge in [-0.25, -0.2) is 4.98 Å². The summed E-state index contributed by atoms with van der Waals surface area (Å²) < 4.78 is 3.05. The van der Waals surface area contributed by atoms with Crippen LogP contribution >= 0.6 is 15.9 Å². The van der Waals surface area contributed by atoms with Gasteiger partial charge in [0.1, 0.15) is 0 Å². The van der Waals surface area contributed by atoms with Crippen LogP contribution in [-0.4, -0.2) is 9.55 Å². The van der Waals surface area contributed by atoms with Crippen LogP contribution in [0.2, 0.25) is 0 Å². The molecule has 0 aliphatic heterocycles. The van der Waals surface area contributed by atoms with Crippen molar-refractivity contribution in [3.05, 3.63) is 52.5 Å². The van der Waals surface area contributed by atoms with Gasteiger partial charge in [-0.15, -0.1) is 0 Å². The third kappa shape index (κ3) is 2.20. The Hall–Kier alpha value is -1.81. The van der Waals surface area contributed by atoms with Gasteiger partial charge in [-0.2, -0.15) is 0 Å². The Morgan fingerprint density at radius 1 is 1.20 bits per heavy atom. The van der Waals surface area contributed by atoms with Gasteiger partial charge in [0.05, 0.1) is 16.7 Å². The molecule has 0 spiro atoms. The molecule has 0 atom stereocenters. The topological polar surface area (TPSA) is 43.8 Å². The van der Waals surface area contributed by atoms with Gasteiger partial charge in [-0.3, -0.25) is 4.57 Å². The van der Waals surface area contributed by atoms with E-state index in [1.165, 1.54) is 5.56 Å². The van der Waals surface area contributed by atoms with Crippen LogP contribution in [-0.2, 0) is 6.42 Å². The highest BCUT2D eigenvalue weighted by molar-refractivity contribution is 9.10. The van der Waals surface area contributed by atoms with E-state index in [0.717, 1.165) is 34.0 Å². The highest BCUT2D eigenvalue weighted by atomic mass is 79.9. The first-order valence-corrected chi connectivity index (χ1v) is 7.51. The van der Waals surface area contributed by atoms with E-state index in [1.807, 2.05) is 28.8 Å². The molecule has 0 saturated heterocycles. The highest BCUT2D eigenvalue weighted by Crippen LogP contribution is 2.27. The second-order valence-electron chi connectivity index (χ2n) is 4.82. The molecule has 3 aromatic rings. The first-order chi connectivity index (χ1) is 9.70. The summed E-state index contributed by atoms with van der Waals surface area (Å²) in [5.74, 6) is 0.529. The number of nitrogens with zero attached hydrogens (tertiary/aromatic N) is 2. The molecular weight excluding hydrogens is 314 g/mol. The monoisotopic (exact) mass is 329 g/mol. The summed E-state index contributed by atoms with van der Waals surface area (Å²) in [5.41, 5.74) is 10.5. The molecule has 0 aliphatic rings. The zero-order valence-corrected chi connectivity index (χ0v) is 12.9. The Labute approximate surface area is 126 Å². The number of rotatable bonds is 3. The Morgan fingerprint density at radius 2 is 2.00 bits per heavy atom. The van der Waals surface area contributed by atoms with Crippen LogP contribution in [0.25, 0.3) is 16.7 Å². The van der Waals surface area contributed by atoms with Crippen molar-refractivity contribution in [2.24, 2.45) is 0 Å². The number of nitrogen functional groups attached to an aromatic ring is 1. The number of benzene rings is 2. The van der Waals surface area contributed by atoms with E-state index < -0.39 is 0 Å². The minimum Gasteiger partial charge on any atom is -0.369 e. The lowest BCUT2D eigenvalue weighted by molar-refractivity contribution is 0.905. The Balaban J connectivity index is 2.27. The zero-order valence-electron chi connectivity index (χ0n) is 11.3. The highest BCUT2D eigenvalue weighted by Gasteiger charge is 2.12. The van der Waals surface area contributed by atoms with Crippen molar-refractivity contribution in [3.8, 4) is 5.69 Å². The normalized spacial score (nSPS) is 11.1. The third-order valence-electron chi connectivity index (χ3n) is 3.39. The van der Waals surface area contributed by atoms with Gasteiger partial charge in [0, 0.05) is 4.47 Å². The van der Waals surface area contributed by atoms with Crippen LogP contribution in [0.5, 0.6) is 0 Å². The smallest absolute Gasteiger partial charge is 0.205 e. The van der Waals surface area contributed by atoms with E-state index in [-0.39, 0.29) is 0 Å². The van der Waals surface area contributed by atoms with Crippen LogP contribution in [0, 0.1) is 0 Å². The molecule has 1 heterocycles. The Morgan fingerprint density at radius 3 is 2.80 bits per heavy atom. The van der Waals surface area contributed by atoms with Crippen LogP contribution in [0.4, 0.5) is 5.95 Å². The fourth-order valence-corrected chi connectivity index (χ4v) is 2.88. The SMILES string of the molecule is CCCc1ccccc1-n1c(N)nc2cc(Br)ccc21. The Bertz CT molecular complexity index is 762. The lowest BCUT2D eigenvalue weighted by Gasteiger charge is -2.12. The molecule has 0 fully saturated rings. The molecule has 0 bridgehead atoms. The first-order valence-electron chi connectivity index (χ1n) is 6.72. The molecule has 20 heavy (non-hydrogen) atoms. The van der Waals surface area contributed by atoms with Crippen molar-refractivity contribution in [2.75, 3.05) is 5.73 Å². The van der Waals surface area contributed by atoms with Gasteiger partial charge < -0.3 is 5.73 Å². The summed E-state index contributed by atoms with van der Waals surface area (Å²) in [4.78, 5) is 4.46. The summed E-state index contributed by atoms with van der Waals surface area (Å²) in [6.07, 6.45) is 2.14. The van der Waals surface area contributed by atoms with E-state index >= 15 is 0 Å². The fourth-order valence-electron chi connectivity index (χ4n) is 2.53. The minimum absolute atomic E-state index is 0.529. The lowest BCUT2D eigenvalue weighted by Crippen LogP contribution is -2.03. The summed E-state index contributed by atoms with van der Waals surface area (Å²) in [7, 11) is 0. The molecule has 0 radical (unpaired) electrons. The largest absolute Gasteiger partial charge is 0.369 e. The van der Waals surface area contributed by atoms with Crippen molar-refractivity contribution in [1.29, 1.82) is 0 Å². The van der Waals surface area contributed by atoms with Crippen molar-refractivity contribution >= 4 is 32.9 Å². The third-order valence-corrected chi connectivity index (χ3v) is 3.89. The van der Waals surface area contributed by atoms with Gasteiger partial charge >= 0.3 is 0 Å². The summed E-state index contributed by atoms with van der Waals surface area (Å²) >= 11 is 3.47. The van der Waals surface area contributed by atoms with Crippen molar-refractivity contribution in [1.82, 2.24) is 9.55 Å². The molecule has 3 nitrogen and oxygen atoms in total. The summed E-state index contributed by atoms with van der Waals surface area (Å²) in [5, 5.41) is 0. The molecule has 0 unspecified atom stereocenters. The van der Waals surface area contributed by atoms with E-state index in [2.05, 4.69) is 46.0 Å². The number of aryl methyl sites for hydroxylation is 1. The standard InChI is InChI=1S/C16H16BrN3/c1-2-5-11-6-3-4-7-14(11)20-15-9-8-12(17)10-13(15)19-16(20)18/h3-4,6-10H,2,5H2,1H3,(H2,18,19). The van der Waals surface area contributed by atoms with Crippen molar-refractivity contribution < 1.29 is 0 Å². The number of aromatic nitrogens is 2. The van der Waals surface area contributed by atoms with E-state index in [0.29, 0.717) is 5.95 Å². The van der Waals surface area contributed by atoms with Gasteiger partial charge in [0.2, 0.25) is 5.95 Å². The fraction of sp³-hybridized carbons (Fsp3) is 0.188. The number of hydrogen-bond donors (Lipinski definition) is 1. The molecule has 1 aromatic heterocycles. The predicted octanol–water partition coefficient (Wildman–Crippen LogP) is 4.32. The van der Waals surface area contributed by atoms with E-state index in [1.54, 1.807) is 0 Å². The maximum Gasteiger partial charge on any atom is 0.205 e. The lowest BCUT2D eigenvalue weighted by atomic mass is 10.1. The molecule has 0 amide bonds. The second-order valence-corrected chi connectivity index (χ2v) is 5.73. The number of imidazole rings is 1. The number of para-hydroxylation sites is 1. The van der Waals surface area contributed by atoms with Crippen LogP contribution in [0.1, 0.15) is 18.9 Å². The van der Waals surface area contributed by atoms with Crippen molar-refractivity contribution in [3.63, 3.8) is 0 Å². The molecule has 2 aromatic carbocycles. The van der Waals surface area contributed by atoms with Crippen molar-refractivity contribution in [2.45, 2.75) is 19.8 Å². The molecule has 4 heteroatoms. The number of halogens is 1. The zero-order chi connectivity index (χ0) is 14.1. The van der Waals surface area contributed by atoms with Gasteiger partial charge in [0.15, 0.2) is 0 Å². The van der Waals surface area contributed by atoms with Crippen LogP contribution in [0.15, 0.2) is 46.9 Å². The van der Waals surface area contributed by atoms with E-state index in [9.17, 15) is 0 Å². The quantitative estimate of drug-likeness (QED) is 0.777. The molecule has 2 N–H and O–H groups in total. The van der Waals surface area contributed by atoms with Crippen LogP contribution < -0.4 is 5.73 Å². The van der Waals surface area contributed by atoms with Gasteiger partial charge in [0.25, 0.3) is 0 Å². The minimum atomic E-state index is 0.529. The molecule has 0 saturated carbocycles.